The van der Waals surface area contributed by atoms with Gasteiger partial charge < -0.3 is 14.8 Å². The van der Waals surface area contributed by atoms with Crippen LogP contribution in [0.25, 0.3) is 16.5 Å². The molecule has 29 heavy (non-hydrogen) atoms. The van der Waals surface area contributed by atoms with E-state index < -0.39 is 0 Å². The van der Waals surface area contributed by atoms with E-state index in [2.05, 4.69) is 67.7 Å². The number of benzene rings is 3. The van der Waals surface area contributed by atoms with Gasteiger partial charge in [-0.25, -0.2) is 4.68 Å². The number of ether oxygens (including phenoxy) is 2. The lowest BCUT2D eigenvalue weighted by Crippen LogP contribution is -2.19. The normalized spacial score (nSPS) is 13.7. The predicted octanol–water partition coefficient (Wildman–Crippen LogP) is 4.91. The first kappa shape index (κ1) is 17.8. The minimum Gasteiger partial charge on any atom is -0.454 e. The predicted molar refractivity (Wildman–Crippen MR) is 114 cm³/mol. The van der Waals surface area contributed by atoms with Gasteiger partial charge in [0.2, 0.25) is 6.79 Å². The van der Waals surface area contributed by atoms with E-state index in [0.29, 0.717) is 13.3 Å². The minimum absolute atomic E-state index is 0.150. The number of rotatable bonds is 5. The Labute approximate surface area is 169 Å². The summed E-state index contributed by atoms with van der Waals surface area (Å²) in [5.41, 5.74) is 4.53. The summed E-state index contributed by atoms with van der Waals surface area (Å²) < 4.78 is 13.1. The van der Waals surface area contributed by atoms with Crippen LogP contribution >= 0.6 is 0 Å². The van der Waals surface area contributed by atoms with Crippen LogP contribution in [0.15, 0.2) is 66.9 Å². The monoisotopic (exact) mass is 385 g/mol. The number of para-hydroxylation sites is 1. The second-order valence-corrected chi connectivity index (χ2v) is 7.35. The van der Waals surface area contributed by atoms with E-state index in [1.807, 2.05) is 23.0 Å². The Morgan fingerprint density at radius 1 is 1.03 bits per heavy atom. The first-order chi connectivity index (χ1) is 14.2. The third-order valence-electron chi connectivity index (χ3n) is 5.59. The van der Waals surface area contributed by atoms with Crippen LogP contribution < -0.4 is 14.8 Å². The van der Waals surface area contributed by atoms with Gasteiger partial charge >= 0.3 is 0 Å². The first-order valence-electron chi connectivity index (χ1n) is 9.86. The molecule has 5 nitrogen and oxygen atoms in total. The van der Waals surface area contributed by atoms with Crippen molar-refractivity contribution in [2.75, 3.05) is 6.79 Å². The first-order valence-corrected chi connectivity index (χ1v) is 9.86. The third-order valence-corrected chi connectivity index (χ3v) is 5.59. The second-order valence-electron chi connectivity index (χ2n) is 7.35. The average Bonchev–Trinajstić information content (AvgIpc) is 3.38. The lowest BCUT2D eigenvalue weighted by atomic mass is 10.1. The second kappa shape index (κ2) is 7.26. The van der Waals surface area contributed by atoms with E-state index >= 15 is 0 Å². The van der Waals surface area contributed by atoms with Gasteiger partial charge in [-0.15, -0.1) is 0 Å². The average molecular weight is 385 g/mol. The van der Waals surface area contributed by atoms with Crippen LogP contribution in [0.1, 0.15) is 29.8 Å². The highest BCUT2D eigenvalue weighted by molar-refractivity contribution is 5.90. The number of fused-ring (bicyclic) bond motifs is 2. The van der Waals surface area contributed by atoms with Crippen molar-refractivity contribution in [2.45, 2.75) is 26.4 Å². The molecule has 0 saturated heterocycles. The molecule has 0 saturated carbocycles. The largest absolute Gasteiger partial charge is 0.454 e. The maximum atomic E-state index is 5.62. The fourth-order valence-electron chi connectivity index (χ4n) is 3.99. The molecular formula is C24H23N3O2. The molecule has 1 aliphatic rings. The zero-order chi connectivity index (χ0) is 19.8. The van der Waals surface area contributed by atoms with Gasteiger partial charge in [-0.3, -0.25) is 0 Å². The Kier molecular flexibility index (Phi) is 4.45. The molecule has 1 atom stereocenters. The van der Waals surface area contributed by atoms with Gasteiger partial charge in [0.1, 0.15) is 0 Å². The number of nitrogens with zero attached hydrogens (tertiary/aromatic N) is 2. The summed E-state index contributed by atoms with van der Waals surface area (Å²) >= 11 is 0. The van der Waals surface area contributed by atoms with Crippen LogP contribution in [0.5, 0.6) is 11.5 Å². The Morgan fingerprint density at radius 2 is 1.86 bits per heavy atom. The van der Waals surface area contributed by atoms with Crippen LogP contribution in [0.4, 0.5) is 0 Å². The Hall–Kier alpha value is -3.31. The minimum atomic E-state index is 0.150. The van der Waals surface area contributed by atoms with Crippen molar-refractivity contribution in [1.82, 2.24) is 15.1 Å². The number of hydrogen-bond acceptors (Lipinski definition) is 4. The smallest absolute Gasteiger partial charge is 0.231 e. The molecular weight excluding hydrogens is 362 g/mol. The summed E-state index contributed by atoms with van der Waals surface area (Å²) in [6.45, 7) is 5.28. The van der Waals surface area contributed by atoms with Crippen molar-refractivity contribution in [3.05, 3.63) is 83.7 Å². The zero-order valence-corrected chi connectivity index (χ0v) is 16.6. The fourth-order valence-corrected chi connectivity index (χ4v) is 3.99. The van der Waals surface area contributed by atoms with E-state index in [4.69, 9.17) is 14.6 Å². The van der Waals surface area contributed by atoms with Crippen molar-refractivity contribution < 1.29 is 9.47 Å². The topological polar surface area (TPSA) is 48.3 Å². The van der Waals surface area contributed by atoms with Gasteiger partial charge in [0.25, 0.3) is 0 Å². The van der Waals surface area contributed by atoms with E-state index in [1.54, 1.807) is 0 Å². The molecule has 0 amide bonds. The van der Waals surface area contributed by atoms with Crippen LogP contribution in [0, 0.1) is 6.92 Å². The van der Waals surface area contributed by atoms with Gasteiger partial charge in [0, 0.05) is 34.8 Å². The van der Waals surface area contributed by atoms with Gasteiger partial charge in [0.15, 0.2) is 11.5 Å². The van der Waals surface area contributed by atoms with E-state index in [9.17, 15) is 0 Å². The summed E-state index contributed by atoms with van der Waals surface area (Å²) in [6.07, 6.45) is 1.96. The molecule has 146 valence electrons. The molecule has 2 heterocycles. The molecule has 1 N–H and O–H groups in total. The molecule has 3 aromatic carbocycles. The third kappa shape index (κ3) is 3.13. The zero-order valence-electron chi connectivity index (χ0n) is 16.6. The molecule has 1 aliphatic heterocycles. The van der Waals surface area contributed by atoms with E-state index in [0.717, 1.165) is 28.4 Å². The lowest BCUT2D eigenvalue weighted by molar-refractivity contribution is 0.173. The molecule has 1 aromatic heterocycles. The molecule has 0 aliphatic carbocycles. The van der Waals surface area contributed by atoms with Gasteiger partial charge in [-0.2, -0.15) is 5.10 Å². The SMILES string of the molecule is Cc1c([C@H](C)NCc2cccc3c2OCO3)cnn1-c1cccc2ccccc12. The molecule has 5 heteroatoms. The van der Waals surface area contributed by atoms with Gasteiger partial charge in [-0.05, 0) is 31.4 Å². The lowest BCUT2D eigenvalue weighted by Gasteiger charge is -2.15. The molecule has 5 rings (SSSR count). The quantitative estimate of drug-likeness (QED) is 0.530. The number of hydrogen-bond donors (Lipinski definition) is 1. The summed E-state index contributed by atoms with van der Waals surface area (Å²) in [5.74, 6) is 1.66. The van der Waals surface area contributed by atoms with Crippen LogP contribution in [-0.2, 0) is 6.54 Å². The van der Waals surface area contributed by atoms with Crippen molar-refractivity contribution >= 4 is 10.8 Å². The Balaban J connectivity index is 1.40. The van der Waals surface area contributed by atoms with Crippen molar-refractivity contribution in [2.24, 2.45) is 0 Å². The highest BCUT2D eigenvalue weighted by Crippen LogP contribution is 2.35. The van der Waals surface area contributed by atoms with E-state index in [-0.39, 0.29) is 6.04 Å². The highest BCUT2D eigenvalue weighted by atomic mass is 16.7. The molecule has 0 radical (unpaired) electrons. The summed E-state index contributed by atoms with van der Waals surface area (Å²) in [7, 11) is 0. The Bertz CT molecular complexity index is 1180. The van der Waals surface area contributed by atoms with Crippen molar-refractivity contribution in [3.8, 4) is 17.2 Å². The molecule has 0 spiro atoms. The summed E-state index contributed by atoms with van der Waals surface area (Å²) in [5, 5.41) is 10.7. The summed E-state index contributed by atoms with van der Waals surface area (Å²) in [4.78, 5) is 0. The highest BCUT2D eigenvalue weighted by Gasteiger charge is 2.19. The maximum Gasteiger partial charge on any atom is 0.231 e. The molecule has 0 unspecified atom stereocenters. The molecule has 4 aromatic rings. The van der Waals surface area contributed by atoms with E-state index in [1.165, 1.54) is 16.3 Å². The van der Waals surface area contributed by atoms with Gasteiger partial charge in [-0.1, -0.05) is 48.5 Å². The van der Waals surface area contributed by atoms with Crippen LogP contribution in [-0.4, -0.2) is 16.6 Å². The van der Waals surface area contributed by atoms with Crippen molar-refractivity contribution in [1.29, 1.82) is 0 Å². The number of aromatic nitrogens is 2. The van der Waals surface area contributed by atoms with Crippen LogP contribution in [0.2, 0.25) is 0 Å². The molecule has 0 bridgehead atoms. The standard InChI is InChI=1S/C24H23N3O2/c1-16(25-13-19-9-6-12-23-24(19)29-15-28-23)21-14-26-27(17(21)2)22-11-5-8-18-7-3-4-10-20(18)22/h3-12,14,16,25H,13,15H2,1-2H3/t16-/m0/s1. The van der Waals surface area contributed by atoms with Crippen LogP contribution in [0.3, 0.4) is 0 Å². The Morgan fingerprint density at radius 3 is 2.79 bits per heavy atom. The number of nitrogens with one attached hydrogen (secondary N) is 1. The van der Waals surface area contributed by atoms with Crippen molar-refractivity contribution in [3.63, 3.8) is 0 Å². The fraction of sp³-hybridized carbons (Fsp3) is 0.208. The maximum absolute atomic E-state index is 5.62. The summed E-state index contributed by atoms with van der Waals surface area (Å²) in [6, 6.07) is 20.9. The van der Waals surface area contributed by atoms with Gasteiger partial charge in [0.05, 0.1) is 11.9 Å². The molecule has 0 fully saturated rings.